The van der Waals surface area contributed by atoms with E-state index in [2.05, 4.69) is 17.4 Å². The van der Waals surface area contributed by atoms with E-state index in [0.29, 0.717) is 32.6 Å². The second-order valence-corrected chi connectivity index (χ2v) is 7.74. The van der Waals surface area contributed by atoms with Crippen molar-refractivity contribution in [3.05, 3.63) is 34.9 Å². The van der Waals surface area contributed by atoms with Crippen LogP contribution in [0.4, 0.5) is 0 Å². The van der Waals surface area contributed by atoms with Gasteiger partial charge in [-0.25, -0.2) is 0 Å². The van der Waals surface area contributed by atoms with E-state index in [1.165, 1.54) is 24.8 Å². The minimum absolute atomic E-state index is 0.0000255. The molecule has 1 saturated carbocycles. The second kappa shape index (κ2) is 7.42. The van der Waals surface area contributed by atoms with Crippen LogP contribution in [0.2, 0.25) is 5.02 Å². The summed E-state index contributed by atoms with van der Waals surface area (Å²) in [6.07, 6.45) is 7.02. The molecule has 0 spiro atoms. The maximum Gasteiger partial charge on any atom is 0.240 e. The molecule has 2 aliphatic rings. The van der Waals surface area contributed by atoms with Gasteiger partial charge in [0.1, 0.15) is 0 Å². The van der Waals surface area contributed by atoms with Gasteiger partial charge in [0.25, 0.3) is 0 Å². The van der Waals surface area contributed by atoms with Crippen LogP contribution in [0, 0.1) is 0 Å². The van der Waals surface area contributed by atoms with E-state index in [9.17, 15) is 4.79 Å². The predicted octanol–water partition coefficient (Wildman–Crippen LogP) is 3.17. The zero-order valence-corrected chi connectivity index (χ0v) is 14.9. The van der Waals surface area contributed by atoms with E-state index in [-0.39, 0.29) is 11.3 Å². The number of ether oxygens (including phenoxy) is 1. The Morgan fingerprint density at radius 2 is 1.71 bits per heavy atom. The highest BCUT2D eigenvalue weighted by Crippen LogP contribution is 2.39. The Morgan fingerprint density at radius 3 is 2.33 bits per heavy atom. The first kappa shape index (κ1) is 17.7. The Balaban J connectivity index is 1.73. The molecule has 24 heavy (non-hydrogen) atoms. The predicted molar refractivity (Wildman–Crippen MR) is 96.2 cm³/mol. The van der Waals surface area contributed by atoms with Crippen molar-refractivity contribution in [3.63, 3.8) is 0 Å². The summed E-state index contributed by atoms with van der Waals surface area (Å²) >= 11 is 6.05. The van der Waals surface area contributed by atoms with Crippen LogP contribution in [0.3, 0.4) is 0 Å². The van der Waals surface area contributed by atoms with Gasteiger partial charge in [-0.05, 0) is 43.4 Å². The van der Waals surface area contributed by atoms with Gasteiger partial charge in [-0.15, -0.1) is 0 Å². The van der Waals surface area contributed by atoms with E-state index < -0.39 is 5.54 Å². The number of benzene rings is 1. The van der Waals surface area contributed by atoms with Gasteiger partial charge < -0.3 is 15.8 Å². The molecule has 5 heteroatoms. The summed E-state index contributed by atoms with van der Waals surface area (Å²) in [5.74, 6) is -0.0373. The average molecular weight is 351 g/mol. The van der Waals surface area contributed by atoms with Crippen LogP contribution in [-0.4, -0.2) is 31.2 Å². The molecule has 132 valence electrons. The summed E-state index contributed by atoms with van der Waals surface area (Å²) in [4.78, 5) is 12.7. The van der Waals surface area contributed by atoms with Crippen molar-refractivity contribution >= 4 is 17.5 Å². The molecule has 0 radical (unpaired) electrons. The molecule has 3 rings (SSSR count). The third-order valence-electron chi connectivity index (χ3n) is 5.69. The standard InChI is InChI=1S/C19H27ClN2O2/c20-16-6-4-15(5-7-16)18(8-2-1-3-9-18)14-22-17(23)19(21)10-12-24-13-11-19/h4-7H,1-3,8-14,21H2,(H,22,23). The smallest absolute Gasteiger partial charge is 0.240 e. The summed E-state index contributed by atoms with van der Waals surface area (Å²) in [5.41, 5.74) is 6.80. The molecule has 1 amide bonds. The molecule has 3 N–H and O–H groups in total. The van der Waals surface area contributed by atoms with Crippen LogP contribution in [-0.2, 0) is 14.9 Å². The van der Waals surface area contributed by atoms with E-state index in [4.69, 9.17) is 22.1 Å². The largest absolute Gasteiger partial charge is 0.381 e. The molecule has 0 atom stereocenters. The van der Waals surface area contributed by atoms with Crippen LogP contribution >= 0.6 is 11.6 Å². The molecule has 0 bridgehead atoms. The number of hydrogen-bond donors (Lipinski definition) is 2. The molecular weight excluding hydrogens is 324 g/mol. The van der Waals surface area contributed by atoms with Crippen molar-refractivity contribution in [3.8, 4) is 0 Å². The lowest BCUT2D eigenvalue weighted by atomic mass is 9.69. The highest BCUT2D eigenvalue weighted by atomic mass is 35.5. The highest BCUT2D eigenvalue weighted by molar-refractivity contribution is 6.30. The lowest BCUT2D eigenvalue weighted by Gasteiger charge is -2.40. The first-order valence-electron chi connectivity index (χ1n) is 8.95. The summed E-state index contributed by atoms with van der Waals surface area (Å²) in [6.45, 7) is 1.77. The number of rotatable bonds is 4. The Morgan fingerprint density at radius 1 is 1.08 bits per heavy atom. The summed E-state index contributed by atoms with van der Waals surface area (Å²) in [7, 11) is 0. The van der Waals surface area contributed by atoms with Gasteiger partial charge >= 0.3 is 0 Å². The Kier molecular flexibility index (Phi) is 5.48. The van der Waals surface area contributed by atoms with Gasteiger partial charge in [0, 0.05) is 30.2 Å². The SMILES string of the molecule is NC1(C(=O)NCC2(c3ccc(Cl)cc3)CCCCC2)CCOCC1. The molecule has 1 heterocycles. The minimum Gasteiger partial charge on any atom is -0.381 e. The number of carbonyl (C=O) groups excluding carboxylic acids is 1. The highest BCUT2D eigenvalue weighted by Gasteiger charge is 2.39. The third-order valence-corrected chi connectivity index (χ3v) is 5.94. The molecule has 1 aliphatic carbocycles. The number of hydrogen-bond acceptors (Lipinski definition) is 3. The molecule has 1 aromatic rings. The number of nitrogens with one attached hydrogen (secondary N) is 1. The lowest BCUT2D eigenvalue weighted by molar-refractivity contribution is -0.130. The van der Waals surface area contributed by atoms with Crippen molar-refractivity contribution in [1.29, 1.82) is 0 Å². The lowest BCUT2D eigenvalue weighted by Crippen LogP contribution is -2.58. The molecule has 2 fully saturated rings. The summed E-state index contributed by atoms with van der Waals surface area (Å²) < 4.78 is 5.34. The van der Waals surface area contributed by atoms with E-state index in [0.717, 1.165) is 17.9 Å². The van der Waals surface area contributed by atoms with Crippen LogP contribution in [0.1, 0.15) is 50.5 Å². The monoisotopic (exact) mass is 350 g/mol. The minimum atomic E-state index is -0.784. The maximum absolute atomic E-state index is 12.7. The van der Waals surface area contributed by atoms with E-state index in [1.807, 2.05) is 12.1 Å². The summed E-state index contributed by atoms with van der Waals surface area (Å²) in [5, 5.41) is 3.91. The number of carbonyl (C=O) groups is 1. The first-order valence-corrected chi connectivity index (χ1v) is 9.33. The summed E-state index contributed by atoms with van der Waals surface area (Å²) in [6, 6.07) is 8.09. The number of halogens is 1. The molecular formula is C19H27ClN2O2. The molecule has 1 aliphatic heterocycles. The normalized spacial score (nSPS) is 22.8. The fourth-order valence-electron chi connectivity index (χ4n) is 3.99. The van der Waals surface area contributed by atoms with Crippen LogP contribution in [0.25, 0.3) is 0 Å². The zero-order chi connectivity index (χ0) is 17.0. The molecule has 4 nitrogen and oxygen atoms in total. The second-order valence-electron chi connectivity index (χ2n) is 7.30. The quantitative estimate of drug-likeness (QED) is 0.876. The average Bonchev–Trinajstić information content (AvgIpc) is 2.61. The Bertz CT molecular complexity index is 561. The van der Waals surface area contributed by atoms with E-state index >= 15 is 0 Å². The van der Waals surface area contributed by atoms with Crippen molar-refractivity contribution < 1.29 is 9.53 Å². The van der Waals surface area contributed by atoms with Crippen molar-refractivity contribution in [2.75, 3.05) is 19.8 Å². The van der Waals surface area contributed by atoms with Crippen LogP contribution in [0.15, 0.2) is 24.3 Å². The molecule has 0 aromatic heterocycles. The van der Waals surface area contributed by atoms with Gasteiger partial charge in [0.05, 0.1) is 5.54 Å². The maximum atomic E-state index is 12.7. The van der Waals surface area contributed by atoms with Gasteiger partial charge in [-0.3, -0.25) is 4.79 Å². The molecule has 0 unspecified atom stereocenters. The number of amides is 1. The van der Waals surface area contributed by atoms with Crippen molar-refractivity contribution in [2.45, 2.75) is 55.9 Å². The fourth-order valence-corrected chi connectivity index (χ4v) is 4.11. The van der Waals surface area contributed by atoms with Crippen LogP contribution in [0.5, 0.6) is 0 Å². The zero-order valence-electron chi connectivity index (χ0n) is 14.2. The Labute approximate surface area is 149 Å². The number of nitrogens with two attached hydrogens (primary N) is 1. The van der Waals surface area contributed by atoms with Gasteiger partial charge in [-0.2, -0.15) is 0 Å². The van der Waals surface area contributed by atoms with E-state index in [1.54, 1.807) is 0 Å². The Hall–Kier alpha value is -1.10. The van der Waals surface area contributed by atoms with Gasteiger partial charge in [-0.1, -0.05) is 43.0 Å². The van der Waals surface area contributed by atoms with Gasteiger partial charge in [0.2, 0.25) is 5.91 Å². The first-order chi connectivity index (χ1) is 11.5. The fraction of sp³-hybridized carbons (Fsp3) is 0.632. The third kappa shape index (κ3) is 3.76. The van der Waals surface area contributed by atoms with Crippen molar-refractivity contribution in [1.82, 2.24) is 5.32 Å². The topological polar surface area (TPSA) is 64.4 Å². The van der Waals surface area contributed by atoms with Crippen molar-refractivity contribution in [2.24, 2.45) is 5.73 Å². The molecule has 1 saturated heterocycles. The molecule has 1 aromatic carbocycles. The van der Waals surface area contributed by atoms with Crippen LogP contribution < -0.4 is 11.1 Å². The van der Waals surface area contributed by atoms with Gasteiger partial charge in [0.15, 0.2) is 0 Å².